The van der Waals surface area contributed by atoms with Gasteiger partial charge in [0, 0.05) is 19.3 Å². The summed E-state index contributed by atoms with van der Waals surface area (Å²) in [7, 11) is 1.21. The normalized spacial score (nSPS) is 18.3. The van der Waals surface area contributed by atoms with Crippen molar-refractivity contribution in [1.29, 1.82) is 0 Å². The first kappa shape index (κ1) is 17.5. The first-order valence-electron chi connectivity index (χ1n) is 7.57. The number of halogens is 3. The molecule has 126 valence electrons. The maximum Gasteiger partial charge on any atom is 0.416 e. The number of hydrogen-bond donors (Lipinski definition) is 0. The molecule has 1 fully saturated rings. The molecule has 0 radical (unpaired) electrons. The fourth-order valence-corrected chi connectivity index (χ4v) is 2.97. The topological polar surface area (TPSA) is 43.4 Å². The second-order valence-corrected chi connectivity index (χ2v) is 5.92. The van der Waals surface area contributed by atoms with Crippen molar-refractivity contribution in [2.24, 2.45) is 5.92 Å². The molecule has 1 unspecified atom stereocenters. The molecule has 0 amide bonds. The Morgan fingerprint density at radius 3 is 2.65 bits per heavy atom. The number of hydrogen-bond acceptors (Lipinski definition) is 3. The van der Waals surface area contributed by atoms with Crippen molar-refractivity contribution in [3.05, 3.63) is 34.9 Å². The Labute approximate surface area is 132 Å². The maximum absolute atomic E-state index is 13.2. The van der Waals surface area contributed by atoms with Crippen LogP contribution in [0, 0.1) is 5.92 Å². The van der Waals surface area contributed by atoms with Gasteiger partial charge in [0.05, 0.1) is 12.7 Å². The average Bonchev–Trinajstić information content (AvgIpc) is 2.89. The zero-order valence-corrected chi connectivity index (χ0v) is 12.9. The molecule has 0 saturated heterocycles. The number of carbonyl (C=O) groups excluding carboxylic acids is 2. The standard InChI is InChI=1S/C17H19F3O3/c1-23-16(22)7-5-13-4-2-12(10-15(13)17(18,19)20)8-11-3-6-14(21)9-11/h2,4,10-11H,3,5-9H2,1H3. The lowest BCUT2D eigenvalue weighted by Crippen LogP contribution is -2.12. The molecule has 0 N–H and O–H groups in total. The molecule has 1 aliphatic carbocycles. The van der Waals surface area contributed by atoms with Crippen molar-refractivity contribution >= 4 is 11.8 Å². The SMILES string of the molecule is COC(=O)CCc1ccc(CC2CCC(=O)C2)cc1C(F)(F)F. The maximum atomic E-state index is 13.2. The van der Waals surface area contributed by atoms with Crippen LogP contribution in [0.5, 0.6) is 0 Å². The van der Waals surface area contributed by atoms with Gasteiger partial charge in [0.2, 0.25) is 0 Å². The number of Topliss-reactive ketones (excluding diaryl/α,β-unsaturated/α-hetero) is 1. The van der Waals surface area contributed by atoms with Crippen LogP contribution in [0.15, 0.2) is 18.2 Å². The highest BCUT2D eigenvalue weighted by Crippen LogP contribution is 2.34. The van der Waals surface area contributed by atoms with Crippen LogP contribution < -0.4 is 0 Å². The molecule has 1 atom stereocenters. The van der Waals surface area contributed by atoms with E-state index in [1.54, 1.807) is 6.07 Å². The Kier molecular flexibility index (Phi) is 5.44. The third-order valence-corrected chi connectivity index (χ3v) is 4.18. The largest absolute Gasteiger partial charge is 0.469 e. The molecule has 2 rings (SSSR count). The smallest absolute Gasteiger partial charge is 0.416 e. The molecule has 0 aliphatic heterocycles. The monoisotopic (exact) mass is 328 g/mol. The highest BCUT2D eigenvalue weighted by atomic mass is 19.4. The molecule has 0 spiro atoms. The van der Waals surface area contributed by atoms with Crippen LogP contribution in [0.3, 0.4) is 0 Å². The van der Waals surface area contributed by atoms with E-state index in [0.717, 1.165) is 12.5 Å². The van der Waals surface area contributed by atoms with Gasteiger partial charge in [-0.3, -0.25) is 9.59 Å². The first-order chi connectivity index (χ1) is 10.8. The minimum Gasteiger partial charge on any atom is -0.469 e. The van der Waals surface area contributed by atoms with Crippen LogP contribution >= 0.6 is 0 Å². The van der Waals surface area contributed by atoms with Crippen molar-refractivity contribution in [2.45, 2.75) is 44.7 Å². The molecule has 1 aromatic rings. The molecule has 0 aromatic heterocycles. The Morgan fingerprint density at radius 1 is 1.35 bits per heavy atom. The van der Waals surface area contributed by atoms with Gasteiger partial charge in [-0.15, -0.1) is 0 Å². The van der Waals surface area contributed by atoms with Gasteiger partial charge in [0.15, 0.2) is 0 Å². The summed E-state index contributed by atoms with van der Waals surface area (Å²) in [4.78, 5) is 22.4. The van der Waals surface area contributed by atoms with Crippen molar-refractivity contribution < 1.29 is 27.5 Å². The van der Waals surface area contributed by atoms with Gasteiger partial charge in [-0.05, 0) is 42.4 Å². The van der Waals surface area contributed by atoms with Crippen LogP contribution in [-0.2, 0) is 33.3 Å². The van der Waals surface area contributed by atoms with E-state index in [1.807, 2.05) is 0 Å². The highest BCUT2D eigenvalue weighted by Gasteiger charge is 2.34. The summed E-state index contributed by atoms with van der Waals surface area (Å²) in [5.74, 6) is -0.225. The number of carbonyl (C=O) groups is 2. The van der Waals surface area contributed by atoms with E-state index < -0.39 is 17.7 Å². The van der Waals surface area contributed by atoms with E-state index in [9.17, 15) is 22.8 Å². The first-order valence-corrected chi connectivity index (χ1v) is 7.57. The number of ketones is 1. The lowest BCUT2D eigenvalue weighted by Gasteiger charge is -2.16. The molecule has 0 bridgehead atoms. The van der Waals surface area contributed by atoms with Gasteiger partial charge < -0.3 is 4.74 Å². The van der Waals surface area contributed by atoms with E-state index in [4.69, 9.17) is 0 Å². The zero-order valence-electron chi connectivity index (χ0n) is 12.9. The van der Waals surface area contributed by atoms with Crippen LogP contribution in [0.1, 0.15) is 42.4 Å². The van der Waals surface area contributed by atoms with E-state index in [1.165, 1.54) is 13.2 Å². The summed E-state index contributed by atoms with van der Waals surface area (Å²) in [5, 5.41) is 0. The van der Waals surface area contributed by atoms with E-state index in [-0.39, 0.29) is 30.1 Å². The number of benzene rings is 1. The summed E-state index contributed by atoms with van der Waals surface area (Å²) in [6.07, 6.45) is -2.37. The molecule has 1 aromatic carbocycles. The van der Waals surface area contributed by atoms with Gasteiger partial charge in [0.25, 0.3) is 0 Å². The highest BCUT2D eigenvalue weighted by molar-refractivity contribution is 5.80. The van der Waals surface area contributed by atoms with Crippen molar-refractivity contribution in [3.63, 3.8) is 0 Å². The molecule has 1 aliphatic rings. The Balaban J connectivity index is 2.16. The second-order valence-electron chi connectivity index (χ2n) is 5.92. The Bertz CT molecular complexity index is 593. The van der Waals surface area contributed by atoms with Gasteiger partial charge >= 0.3 is 12.1 Å². The third kappa shape index (κ3) is 4.81. The summed E-state index contributed by atoms with van der Waals surface area (Å²) in [5.41, 5.74) is -0.0313. The molecular formula is C17H19F3O3. The minimum absolute atomic E-state index is 0.0102. The number of alkyl halides is 3. The molecule has 6 heteroatoms. The van der Waals surface area contributed by atoms with Crippen LogP contribution in [0.25, 0.3) is 0 Å². The lowest BCUT2D eigenvalue weighted by molar-refractivity contribution is -0.142. The zero-order chi connectivity index (χ0) is 17.0. The van der Waals surface area contributed by atoms with E-state index >= 15 is 0 Å². The Morgan fingerprint density at radius 2 is 2.09 bits per heavy atom. The summed E-state index contributed by atoms with van der Waals surface area (Å²) >= 11 is 0. The summed E-state index contributed by atoms with van der Waals surface area (Å²) in [6, 6.07) is 4.23. The number of aryl methyl sites for hydroxylation is 1. The lowest BCUT2D eigenvalue weighted by atomic mass is 9.93. The van der Waals surface area contributed by atoms with Gasteiger partial charge in [-0.1, -0.05) is 12.1 Å². The van der Waals surface area contributed by atoms with Crippen LogP contribution in [0.2, 0.25) is 0 Å². The molecule has 1 saturated carbocycles. The fraction of sp³-hybridized carbons (Fsp3) is 0.529. The Hall–Kier alpha value is -1.85. The molecular weight excluding hydrogens is 309 g/mol. The predicted octanol–water partition coefficient (Wildman–Crippen LogP) is 3.72. The number of rotatable bonds is 5. The van der Waals surface area contributed by atoms with Crippen molar-refractivity contribution in [2.75, 3.05) is 7.11 Å². The van der Waals surface area contributed by atoms with Gasteiger partial charge in [-0.2, -0.15) is 13.2 Å². The van der Waals surface area contributed by atoms with Crippen molar-refractivity contribution in [3.8, 4) is 0 Å². The van der Waals surface area contributed by atoms with Gasteiger partial charge in [0.1, 0.15) is 5.78 Å². The fourth-order valence-electron chi connectivity index (χ4n) is 2.97. The van der Waals surface area contributed by atoms with E-state index in [2.05, 4.69) is 4.74 Å². The van der Waals surface area contributed by atoms with Crippen LogP contribution in [-0.4, -0.2) is 18.9 Å². The minimum atomic E-state index is -4.47. The number of esters is 1. The average molecular weight is 328 g/mol. The molecule has 23 heavy (non-hydrogen) atoms. The van der Waals surface area contributed by atoms with Crippen LogP contribution in [0.4, 0.5) is 13.2 Å². The van der Waals surface area contributed by atoms with Gasteiger partial charge in [-0.25, -0.2) is 0 Å². The predicted molar refractivity (Wildman–Crippen MR) is 77.8 cm³/mol. The quantitative estimate of drug-likeness (QED) is 0.774. The van der Waals surface area contributed by atoms with E-state index in [0.29, 0.717) is 24.8 Å². The summed E-state index contributed by atoms with van der Waals surface area (Å²) < 4.78 is 44.2. The molecule has 0 heterocycles. The van der Waals surface area contributed by atoms with Crippen molar-refractivity contribution in [1.82, 2.24) is 0 Å². The number of ether oxygens (including phenoxy) is 1. The molecule has 3 nitrogen and oxygen atoms in total. The second kappa shape index (κ2) is 7.15. The number of methoxy groups -OCH3 is 1. The summed E-state index contributed by atoms with van der Waals surface area (Å²) in [6.45, 7) is 0. The third-order valence-electron chi connectivity index (χ3n) is 4.18.